The number of rotatable bonds is 6. The van der Waals surface area contributed by atoms with Crippen molar-refractivity contribution in [3.8, 4) is 39.1 Å². The zero-order valence-electron chi connectivity index (χ0n) is 29.9. The van der Waals surface area contributed by atoms with E-state index in [0.29, 0.717) is 0 Å². The molecular formula is C51H38N2. The van der Waals surface area contributed by atoms with Crippen molar-refractivity contribution in [2.24, 2.45) is 0 Å². The number of anilines is 3. The minimum absolute atomic E-state index is 0.0985. The Kier molecular flexibility index (Phi) is 7.19. The molecule has 0 saturated carbocycles. The van der Waals surface area contributed by atoms with Gasteiger partial charge in [-0.3, -0.25) is 0 Å². The number of fused-ring (bicyclic) bond motifs is 6. The fourth-order valence-corrected chi connectivity index (χ4v) is 8.70. The third kappa shape index (κ3) is 4.94. The van der Waals surface area contributed by atoms with Crippen LogP contribution in [0.5, 0.6) is 0 Å². The molecule has 252 valence electrons. The zero-order chi connectivity index (χ0) is 35.5. The molecule has 0 aliphatic heterocycles. The van der Waals surface area contributed by atoms with E-state index in [9.17, 15) is 0 Å². The van der Waals surface area contributed by atoms with E-state index in [2.05, 4.69) is 217 Å². The number of aromatic nitrogens is 1. The molecule has 1 aromatic heterocycles. The van der Waals surface area contributed by atoms with Crippen molar-refractivity contribution in [2.45, 2.75) is 19.3 Å². The van der Waals surface area contributed by atoms with Crippen LogP contribution in [0.2, 0.25) is 0 Å². The van der Waals surface area contributed by atoms with E-state index in [0.717, 1.165) is 17.1 Å². The second-order valence-electron chi connectivity index (χ2n) is 14.6. The van der Waals surface area contributed by atoms with Crippen LogP contribution in [-0.4, -0.2) is 4.57 Å². The van der Waals surface area contributed by atoms with Crippen molar-refractivity contribution >= 4 is 38.9 Å². The number of hydrogen-bond acceptors (Lipinski definition) is 1. The normalized spacial score (nSPS) is 12.9. The summed E-state index contributed by atoms with van der Waals surface area (Å²) in [7, 11) is 0. The molecule has 0 unspecified atom stereocenters. The molecule has 0 bridgehead atoms. The van der Waals surface area contributed by atoms with E-state index in [1.165, 1.54) is 72.0 Å². The lowest BCUT2D eigenvalue weighted by Crippen LogP contribution is -2.16. The molecule has 2 heteroatoms. The first kappa shape index (κ1) is 31.1. The monoisotopic (exact) mass is 678 g/mol. The average Bonchev–Trinajstić information content (AvgIpc) is 3.67. The third-order valence-electron chi connectivity index (χ3n) is 11.2. The molecule has 0 spiro atoms. The lowest BCUT2D eigenvalue weighted by atomic mass is 9.82. The van der Waals surface area contributed by atoms with Gasteiger partial charge in [-0.25, -0.2) is 0 Å². The highest BCUT2D eigenvalue weighted by Gasteiger charge is 2.36. The molecule has 10 rings (SSSR count). The van der Waals surface area contributed by atoms with Crippen LogP contribution in [0.4, 0.5) is 17.1 Å². The topological polar surface area (TPSA) is 8.17 Å². The first-order chi connectivity index (χ1) is 26.1. The first-order valence-electron chi connectivity index (χ1n) is 18.4. The van der Waals surface area contributed by atoms with Crippen LogP contribution >= 0.6 is 0 Å². The molecule has 1 aliphatic carbocycles. The summed E-state index contributed by atoms with van der Waals surface area (Å²) in [6.45, 7) is 4.71. The van der Waals surface area contributed by atoms with Crippen LogP contribution < -0.4 is 4.90 Å². The van der Waals surface area contributed by atoms with Gasteiger partial charge in [-0.2, -0.15) is 0 Å². The smallest absolute Gasteiger partial charge is 0.0541 e. The molecule has 9 aromatic rings. The SMILES string of the molecule is CC1(C)c2ccccc2-c2ccc(N(c3ccccc3)c3ccccc3-c3ccccc3-c3ccc4c(c3)c3ccccc3n4-c3ccccc3)cc21. The average molecular weight is 679 g/mol. The van der Waals surface area contributed by atoms with Crippen LogP contribution in [0, 0.1) is 0 Å². The van der Waals surface area contributed by atoms with E-state index in [-0.39, 0.29) is 5.41 Å². The van der Waals surface area contributed by atoms with Gasteiger partial charge in [-0.1, -0.05) is 147 Å². The Balaban J connectivity index is 1.15. The van der Waals surface area contributed by atoms with Gasteiger partial charge in [0.15, 0.2) is 0 Å². The van der Waals surface area contributed by atoms with E-state index in [4.69, 9.17) is 0 Å². The lowest BCUT2D eigenvalue weighted by molar-refractivity contribution is 0.660. The summed E-state index contributed by atoms with van der Waals surface area (Å²) >= 11 is 0. The van der Waals surface area contributed by atoms with Gasteiger partial charge in [0.1, 0.15) is 0 Å². The highest BCUT2D eigenvalue weighted by Crippen LogP contribution is 2.51. The van der Waals surface area contributed by atoms with E-state index in [1.807, 2.05) is 0 Å². The zero-order valence-corrected chi connectivity index (χ0v) is 29.9. The minimum atomic E-state index is -0.0985. The molecule has 0 atom stereocenters. The highest BCUT2D eigenvalue weighted by molar-refractivity contribution is 6.11. The van der Waals surface area contributed by atoms with Crippen LogP contribution in [0.25, 0.3) is 60.9 Å². The molecule has 1 heterocycles. The molecule has 2 nitrogen and oxygen atoms in total. The summed E-state index contributed by atoms with van der Waals surface area (Å²) in [5, 5.41) is 2.50. The predicted octanol–water partition coefficient (Wildman–Crippen LogP) is 13.9. The summed E-state index contributed by atoms with van der Waals surface area (Å²) in [4.78, 5) is 2.43. The van der Waals surface area contributed by atoms with Crippen molar-refractivity contribution in [3.63, 3.8) is 0 Å². The first-order valence-corrected chi connectivity index (χ1v) is 18.4. The summed E-state index contributed by atoms with van der Waals surface area (Å²) in [6, 6.07) is 70.8. The number of benzene rings is 8. The van der Waals surface area contributed by atoms with Gasteiger partial charge in [0.05, 0.1) is 16.7 Å². The molecule has 0 saturated heterocycles. The standard InChI is InChI=1S/C51H38N2/c1-51(2)46-26-14-11-23-41(46)42-31-30-38(34-47(42)51)52(36-17-5-3-6-18-36)48-27-15-12-24-43(48)40-22-10-9-21-39(40)35-29-32-50-45(33-35)44-25-13-16-28-49(44)53(50)37-19-7-4-8-20-37/h3-34H,1-2H3. The summed E-state index contributed by atoms with van der Waals surface area (Å²) in [5.41, 5.74) is 17.1. The van der Waals surface area contributed by atoms with Crippen LogP contribution in [0.3, 0.4) is 0 Å². The molecular weight excluding hydrogens is 641 g/mol. The fourth-order valence-electron chi connectivity index (χ4n) is 8.70. The fraction of sp³-hybridized carbons (Fsp3) is 0.0588. The van der Waals surface area contributed by atoms with Gasteiger partial charge in [-0.15, -0.1) is 0 Å². The quantitative estimate of drug-likeness (QED) is 0.170. The van der Waals surface area contributed by atoms with Gasteiger partial charge in [0.2, 0.25) is 0 Å². The highest BCUT2D eigenvalue weighted by atomic mass is 15.1. The van der Waals surface area contributed by atoms with E-state index < -0.39 is 0 Å². The van der Waals surface area contributed by atoms with Crippen molar-refractivity contribution < 1.29 is 0 Å². The van der Waals surface area contributed by atoms with Crippen LogP contribution in [-0.2, 0) is 5.41 Å². The van der Waals surface area contributed by atoms with Crippen molar-refractivity contribution in [3.05, 3.63) is 205 Å². The Bertz CT molecular complexity index is 2810. The molecule has 0 radical (unpaired) electrons. The maximum absolute atomic E-state index is 2.43. The van der Waals surface area contributed by atoms with Crippen LogP contribution in [0.1, 0.15) is 25.0 Å². The molecule has 8 aromatic carbocycles. The summed E-state index contributed by atoms with van der Waals surface area (Å²) < 4.78 is 2.38. The minimum Gasteiger partial charge on any atom is -0.310 e. The molecule has 0 N–H and O–H groups in total. The maximum Gasteiger partial charge on any atom is 0.0541 e. The van der Waals surface area contributed by atoms with Gasteiger partial charge in [0.25, 0.3) is 0 Å². The molecule has 0 fully saturated rings. The maximum atomic E-state index is 2.43. The molecule has 53 heavy (non-hydrogen) atoms. The Morgan fingerprint density at radius 1 is 0.396 bits per heavy atom. The third-order valence-corrected chi connectivity index (χ3v) is 11.2. The van der Waals surface area contributed by atoms with Gasteiger partial charge >= 0.3 is 0 Å². The van der Waals surface area contributed by atoms with Crippen molar-refractivity contribution in [1.82, 2.24) is 4.57 Å². The summed E-state index contributed by atoms with van der Waals surface area (Å²) in [5.74, 6) is 0. The predicted molar refractivity (Wildman–Crippen MR) is 224 cm³/mol. The van der Waals surface area contributed by atoms with Crippen molar-refractivity contribution in [1.29, 1.82) is 0 Å². The number of para-hydroxylation sites is 4. The second kappa shape index (κ2) is 12.3. The van der Waals surface area contributed by atoms with Gasteiger partial charge < -0.3 is 9.47 Å². The largest absolute Gasteiger partial charge is 0.310 e. The van der Waals surface area contributed by atoms with Crippen LogP contribution in [0.15, 0.2) is 194 Å². The lowest BCUT2D eigenvalue weighted by Gasteiger charge is -2.30. The number of nitrogens with zero attached hydrogens (tertiary/aromatic N) is 2. The Morgan fingerprint density at radius 2 is 1.00 bits per heavy atom. The summed E-state index contributed by atoms with van der Waals surface area (Å²) in [6.07, 6.45) is 0. The van der Waals surface area contributed by atoms with E-state index >= 15 is 0 Å². The Hall–Kier alpha value is -6.64. The van der Waals surface area contributed by atoms with E-state index in [1.54, 1.807) is 0 Å². The second-order valence-corrected chi connectivity index (χ2v) is 14.6. The number of hydrogen-bond donors (Lipinski definition) is 0. The molecule has 1 aliphatic rings. The van der Waals surface area contributed by atoms with Crippen molar-refractivity contribution in [2.75, 3.05) is 4.90 Å². The van der Waals surface area contributed by atoms with Gasteiger partial charge in [-0.05, 0) is 99.6 Å². The Morgan fingerprint density at radius 3 is 1.81 bits per heavy atom. The molecule has 0 amide bonds. The Labute approximate surface area is 310 Å². The van der Waals surface area contributed by atoms with Gasteiger partial charge in [0, 0.05) is 38.8 Å².